The summed E-state index contributed by atoms with van der Waals surface area (Å²) in [6, 6.07) is 6.19. The summed E-state index contributed by atoms with van der Waals surface area (Å²) in [5, 5.41) is 4.53. The van der Waals surface area contributed by atoms with Crippen LogP contribution in [0.15, 0.2) is 28.9 Å². The van der Waals surface area contributed by atoms with E-state index in [1.807, 2.05) is 6.07 Å². The van der Waals surface area contributed by atoms with Crippen molar-refractivity contribution in [2.75, 3.05) is 0 Å². The van der Waals surface area contributed by atoms with Gasteiger partial charge >= 0.3 is 0 Å². The van der Waals surface area contributed by atoms with Crippen molar-refractivity contribution in [2.24, 2.45) is 17.8 Å². The Balaban J connectivity index is 1.34. The van der Waals surface area contributed by atoms with Crippen LogP contribution in [0.5, 0.6) is 0 Å². The lowest BCUT2D eigenvalue weighted by Crippen LogP contribution is -2.60. The number of benzene rings is 1. The fourth-order valence-corrected chi connectivity index (χ4v) is 6.10. The maximum Gasteiger partial charge on any atom is 0.224 e. The van der Waals surface area contributed by atoms with Crippen LogP contribution < -0.4 is 5.32 Å². The van der Waals surface area contributed by atoms with E-state index in [-0.39, 0.29) is 11.4 Å². The monoisotopic (exact) mass is 323 g/mol. The number of amides is 1. The largest absolute Gasteiger partial charge is 0.464 e. The van der Waals surface area contributed by atoms with E-state index in [1.54, 1.807) is 6.26 Å². The first kappa shape index (κ1) is 14.6. The van der Waals surface area contributed by atoms with E-state index in [9.17, 15) is 4.79 Å². The molecule has 1 N–H and O–H groups in total. The zero-order valence-electron chi connectivity index (χ0n) is 14.3. The number of fused-ring (bicyclic) bond motifs is 1. The van der Waals surface area contributed by atoms with Crippen molar-refractivity contribution < 1.29 is 9.21 Å². The van der Waals surface area contributed by atoms with Crippen LogP contribution in [0.25, 0.3) is 11.0 Å². The third kappa shape index (κ3) is 2.37. The number of carbonyl (C=O) groups excluding carboxylic acids is 1. The van der Waals surface area contributed by atoms with Crippen molar-refractivity contribution in [1.82, 2.24) is 5.32 Å². The number of hydrogen-bond acceptors (Lipinski definition) is 2. The van der Waals surface area contributed by atoms with Crippen LogP contribution in [0.4, 0.5) is 0 Å². The summed E-state index contributed by atoms with van der Waals surface area (Å²) in [7, 11) is 0. The van der Waals surface area contributed by atoms with Crippen LogP contribution in [-0.2, 0) is 11.2 Å². The minimum atomic E-state index is 0.0992. The minimum Gasteiger partial charge on any atom is -0.464 e. The first-order chi connectivity index (χ1) is 11.6. The Kier molecular flexibility index (Phi) is 3.10. The van der Waals surface area contributed by atoms with E-state index < -0.39 is 0 Å². The number of nitrogens with one attached hydrogen (secondary N) is 1. The molecule has 4 aliphatic carbocycles. The van der Waals surface area contributed by atoms with Crippen molar-refractivity contribution in [3.63, 3.8) is 0 Å². The summed E-state index contributed by atoms with van der Waals surface area (Å²) in [4.78, 5) is 12.8. The Morgan fingerprint density at radius 3 is 2.50 bits per heavy atom. The Bertz CT molecular complexity index is 768. The molecule has 4 saturated carbocycles. The summed E-state index contributed by atoms with van der Waals surface area (Å²) in [5.74, 6) is 2.73. The van der Waals surface area contributed by atoms with Crippen LogP contribution in [0.2, 0.25) is 0 Å². The van der Waals surface area contributed by atoms with Crippen LogP contribution in [-0.4, -0.2) is 11.4 Å². The zero-order valence-corrected chi connectivity index (χ0v) is 14.3. The highest BCUT2D eigenvalue weighted by Crippen LogP contribution is 2.55. The molecule has 1 amide bonds. The van der Waals surface area contributed by atoms with E-state index in [1.165, 1.54) is 44.1 Å². The topological polar surface area (TPSA) is 42.2 Å². The number of aryl methyl sites for hydroxylation is 1. The second kappa shape index (κ2) is 5.11. The standard InChI is InChI=1S/C21H25NO2/c1-13-2-3-18-17(12-24-19(18)4-13)8-20(23)22-21-9-14-5-15(10-21)7-16(6-14)11-21/h2-4,12,14-16H,5-11H2,1H3,(H,22,23). The molecule has 0 aliphatic heterocycles. The second-order valence-corrected chi connectivity index (χ2v) is 8.68. The van der Waals surface area contributed by atoms with Crippen molar-refractivity contribution in [2.45, 2.75) is 57.4 Å². The average molecular weight is 323 g/mol. The minimum absolute atomic E-state index is 0.0992. The zero-order chi connectivity index (χ0) is 16.3. The first-order valence-electron chi connectivity index (χ1n) is 9.36. The number of hydrogen-bond donors (Lipinski definition) is 1. The Labute approximate surface area is 142 Å². The van der Waals surface area contributed by atoms with Gasteiger partial charge in [0.15, 0.2) is 0 Å². The summed E-state index contributed by atoms with van der Waals surface area (Å²) >= 11 is 0. The van der Waals surface area contributed by atoms with E-state index in [0.717, 1.165) is 34.3 Å². The molecule has 0 atom stereocenters. The van der Waals surface area contributed by atoms with Gasteiger partial charge in [-0.3, -0.25) is 4.79 Å². The van der Waals surface area contributed by atoms with Crippen LogP contribution in [0, 0.1) is 24.7 Å². The van der Waals surface area contributed by atoms with Gasteiger partial charge in [-0.25, -0.2) is 0 Å². The molecule has 0 radical (unpaired) electrons. The maximum absolute atomic E-state index is 12.8. The van der Waals surface area contributed by atoms with Gasteiger partial charge < -0.3 is 9.73 Å². The summed E-state index contributed by atoms with van der Waals surface area (Å²) in [6.07, 6.45) is 10.0. The molecule has 24 heavy (non-hydrogen) atoms. The molecule has 0 saturated heterocycles. The highest BCUT2D eigenvalue weighted by Gasteiger charge is 2.51. The van der Waals surface area contributed by atoms with Gasteiger partial charge in [0.2, 0.25) is 5.91 Å². The van der Waals surface area contributed by atoms with Crippen molar-refractivity contribution in [3.05, 3.63) is 35.6 Å². The van der Waals surface area contributed by atoms with Crippen molar-refractivity contribution >= 4 is 16.9 Å². The molecule has 4 aliphatic rings. The molecule has 1 heterocycles. The van der Waals surface area contributed by atoms with Gasteiger partial charge in [-0.05, 0) is 74.8 Å². The molecule has 0 unspecified atom stereocenters. The molecule has 3 heteroatoms. The van der Waals surface area contributed by atoms with Gasteiger partial charge in [0.05, 0.1) is 12.7 Å². The Morgan fingerprint density at radius 1 is 1.17 bits per heavy atom. The van der Waals surface area contributed by atoms with Gasteiger partial charge in [-0.2, -0.15) is 0 Å². The van der Waals surface area contributed by atoms with E-state index in [2.05, 4.69) is 24.4 Å². The predicted octanol–water partition coefficient (Wildman–Crippen LogP) is 4.37. The van der Waals surface area contributed by atoms with Gasteiger partial charge in [0.1, 0.15) is 5.58 Å². The number of carbonyl (C=O) groups is 1. The molecule has 0 spiro atoms. The normalized spacial score (nSPS) is 34.0. The van der Waals surface area contributed by atoms with Gasteiger partial charge in [0.25, 0.3) is 0 Å². The van der Waals surface area contributed by atoms with Crippen LogP contribution in [0.3, 0.4) is 0 Å². The van der Waals surface area contributed by atoms with Crippen LogP contribution >= 0.6 is 0 Å². The predicted molar refractivity (Wildman–Crippen MR) is 93.7 cm³/mol. The average Bonchev–Trinajstić information content (AvgIpc) is 2.87. The molecule has 6 rings (SSSR count). The lowest BCUT2D eigenvalue weighted by Gasteiger charge is -2.56. The molecule has 2 aromatic rings. The fourth-order valence-electron chi connectivity index (χ4n) is 6.10. The first-order valence-corrected chi connectivity index (χ1v) is 9.36. The lowest BCUT2D eigenvalue weighted by molar-refractivity contribution is -0.126. The fraction of sp³-hybridized carbons (Fsp3) is 0.571. The van der Waals surface area contributed by atoms with Crippen molar-refractivity contribution in [3.8, 4) is 0 Å². The smallest absolute Gasteiger partial charge is 0.224 e. The molecule has 4 bridgehead atoms. The third-order valence-electron chi connectivity index (χ3n) is 6.61. The maximum atomic E-state index is 12.8. The summed E-state index contributed by atoms with van der Waals surface area (Å²) < 4.78 is 5.64. The second-order valence-electron chi connectivity index (χ2n) is 8.68. The van der Waals surface area contributed by atoms with E-state index in [0.29, 0.717) is 6.42 Å². The lowest BCUT2D eigenvalue weighted by atomic mass is 9.53. The highest BCUT2D eigenvalue weighted by atomic mass is 16.3. The molecule has 126 valence electrons. The third-order valence-corrected chi connectivity index (χ3v) is 6.61. The number of furan rings is 1. The van der Waals surface area contributed by atoms with Gasteiger partial charge in [-0.15, -0.1) is 0 Å². The van der Waals surface area contributed by atoms with Gasteiger partial charge in [0, 0.05) is 16.5 Å². The van der Waals surface area contributed by atoms with Crippen molar-refractivity contribution in [1.29, 1.82) is 0 Å². The quantitative estimate of drug-likeness (QED) is 0.911. The summed E-state index contributed by atoms with van der Waals surface area (Å²) in [6.45, 7) is 2.06. The molecule has 1 aromatic heterocycles. The molecular weight excluding hydrogens is 298 g/mol. The molecule has 4 fully saturated rings. The Morgan fingerprint density at radius 2 is 1.83 bits per heavy atom. The van der Waals surface area contributed by atoms with E-state index in [4.69, 9.17) is 4.42 Å². The summed E-state index contributed by atoms with van der Waals surface area (Å²) in [5.41, 5.74) is 3.17. The SMILES string of the molecule is Cc1ccc2c(CC(=O)NC34CC5CC(CC(C5)C3)C4)coc2c1. The van der Waals surface area contributed by atoms with E-state index >= 15 is 0 Å². The molecule has 3 nitrogen and oxygen atoms in total. The number of rotatable bonds is 3. The molecular formula is C21H25NO2. The Hall–Kier alpha value is -1.77. The molecule has 1 aromatic carbocycles. The van der Waals surface area contributed by atoms with Crippen LogP contribution in [0.1, 0.15) is 49.7 Å². The highest BCUT2D eigenvalue weighted by molar-refractivity contribution is 5.88. The van der Waals surface area contributed by atoms with Gasteiger partial charge in [-0.1, -0.05) is 12.1 Å².